The van der Waals surface area contributed by atoms with Crippen LogP contribution in [0.3, 0.4) is 0 Å². The van der Waals surface area contributed by atoms with E-state index in [4.69, 9.17) is 9.47 Å². The van der Waals surface area contributed by atoms with Crippen molar-refractivity contribution in [1.29, 1.82) is 0 Å². The summed E-state index contributed by atoms with van der Waals surface area (Å²) in [7, 11) is 0. The number of fused-ring (bicyclic) bond motifs is 22. The maximum Gasteiger partial charge on any atom is 0.132 e. The Hall–Kier alpha value is -10.2. The van der Waals surface area contributed by atoms with Crippen LogP contribution in [0, 0.1) is 0 Å². The molecule has 0 N–H and O–H groups in total. The third kappa shape index (κ3) is 5.96. The average molecular weight is 1010 g/mol. The molecule has 0 amide bonds. The quantitative estimate of drug-likeness (QED) is 0.171. The van der Waals surface area contributed by atoms with Gasteiger partial charge in [-0.1, -0.05) is 237 Å². The van der Waals surface area contributed by atoms with Gasteiger partial charge in [0.25, 0.3) is 0 Å². The van der Waals surface area contributed by atoms with Crippen LogP contribution in [-0.4, -0.2) is 0 Å². The molecule has 4 aliphatic rings. The second-order valence-electron chi connectivity index (χ2n) is 21.3. The van der Waals surface area contributed by atoms with Gasteiger partial charge in [0, 0.05) is 38.9 Å². The van der Waals surface area contributed by atoms with Crippen molar-refractivity contribution in [3.05, 3.63) is 330 Å². The fraction of sp³-hybridized carbons (Fsp3) is 0.0263. The first-order chi connectivity index (χ1) is 39.2. The lowest BCUT2D eigenvalue weighted by Crippen LogP contribution is -2.32. The molecular formula is C76H47NO2. The normalized spacial score (nSPS) is 14.0. The van der Waals surface area contributed by atoms with E-state index in [-0.39, 0.29) is 0 Å². The van der Waals surface area contributed by atoms with Crippen LogP contribution >= 0.6 is 0 Å². The molecule has 0 fully saturated rings. The summed E-state index contributed by atoms with van der Waals surface area (Å²) in [4.78, 5) is 2.57. The lowest BCUT2D eigenvalue weighted by molar-refractivity contribution is 0.436. The molecule has 0 radical (unpaired) electrons. The SMILES string of the molecule is c1ccc(-c2ccc(-c3ccc(N(c4cccc5c4-c4ccccc4C54c5ccccc5Oc5ccccc54)c4cc5c(c6ccccc46)-c4c(ccc6ccccc46)C54c5ccccc5Oc5ccccc54)cc3)cc2)cc1. The molecule has 0 bridgehead atoms. The minimum Gasteiger partial charge on any atom is -0.457 e. The Kier molecular flexibility index (Phi) is 9.26. The van der Waals surface area contributed by atoms with Gasteiger partial charge in [-0.05, 0) is 126 Å². The molecule has 3 heteroatoms. The van der Waals surface area contributed by atoms with Gasteiger partial charge < -0.3 is 14.4 Å². The summed E-state index contributed by atoms with van der Waals surface area (Å²) in [6.07, 6.45) is 0. The molecule has 13 aromatic carbocycles. The summed E-state index contributed by atoms with van der Waals surface area (Å²) in [6, 6.07) is 105. The summed E-state index contributed by atoms with van der Waals surface area (Å²) in [5, 5.41) is 4.81. The Morgan fingerprint density at radius 1 is 0.253 bits per heavy atom. The molecule has 2 aliphatic carbocycles. The fourth-order valence-electron chi connectivity index (χ4n) is 14.4. The Morgan fingerprint density at radius 3 is 1.29 bits per heavy atom. The maximum atomic E-state index is 6.93. The molecule has 0 atom stereocenters. The zero-order chi connectivity index (χ0) is 51.8. The summed E-state index contributed by atoms with van der Waals surface area (Å²) >= 11 is 0. The molecule has 2 spiro atoms. The van der Waals surface area contributed by atoms with Crippen LogP contribution in [0.25, 0.3) is 66.1 Å². The molecular weight excluding hydrogens is 959 g/mol. The van der Waals surface area contributed by atoms with Crippen LogP contribution in [-0.2, 0) is 10.8 Å². The second-order valence-corrected chi connectivity index (χ2v) is 21.3. The monoisotopic (exact) mass is 1010 g/mol. The van der Waals surface area contributed by atoms with Gasteiger partial charge in [-0.2, -0.15) is 0 Å². The van der Waals surface area contributed by atoms with Crippen LogP contribution in [0.5, 0.6) is 23.0 Å². The van der Waals surface area contributed by atoms with Crippen LogP contribution in [0.4, 0.5) is 17.1 Å². The lowest BCUT2D eigenvalue weighted by atomic mass is 9.65. The first-order valence-corrected chi connectivity index (χ1v) is 27.3. The number of hydrogen-bond donors (Lipinski definition) is 0. The van der Waals surface area contributed by atoms with Crippen molar-refractivity contribution < 1.29 is 9.47 Å². The molecule has 2 heterocycles. The molecule has 368 valence electrons. The fourth-order valence-corrected chi connectivity index (χ4v) is 14.4. The van der Waals surface area contributed by atoms with Crippen LogP contribution < -0.4 is 14.4 Å². The van der Waals surface area contributed by atoms with Gasteiger partial charge in [-0.25, -0.2) is 0 Å². The molecule has 17 rings (SSSR count). The van der Waals surface area contributed by atoms with E-state index in [1.807, 2.05) is 0 Å². The van der Waals surface area contributed by atoms with Gasteiger partial charge in [-0.15, -0.1) is 0 Å². The summed E-state index contributed by atoms with van der Waals surface area (Å²) in [5.41, 5.74) is 21.0. The van der Waals surface area contributed by atoms with Crippen molar-refractivity contribution in [3.8, 4) is 67.5 Å². The zero-order valence-corrected chi connectivity index (χ0v) is 42.9. The number of rotatable bonds is 5. The molecule has 0 saturated carbocycles. The van der Waals surface area contributed by atoms with Gasteiger partial charge in [0.05, 0.1) is 22.2 Å². The summed E-state index contributed by atoms with van der Waals surface area (Å²) < 4.78 is 13.7. The van der Waals surface area contributed by atoms with Crippen LogP contribution in [0.15, 0.2) is 285 Å². The predicted molar refractivity (Wildman–Crippen MR) is 322 cm³/mol. The van der Waals surface area contributed by atoms with E-state index < -0.39 is 10.8 Å². The molecule has 2 aliphatic heterocycles. The topological polar surface area (TPSA) is 21.7 Å². The molecule has 0 unspecified atom stereocenters. The van der Waals surface area contributed by atoms with Crippen molar-refractivity contribution in [2.45, 2.75) is 10.8 Å². The Morgan fingerprint density at radius 2 is 0.684 bits per heavy atom. The van der Waals surface area contributed by atoms with E-state index in [1.54, 1.807) is 0 Å². The first-order valence-electron chi connectivity index (χ1n) is 27.3. The van der Waals surface area contributed by atoms with Crippen molar-refractivity contribution in [2.24, 2.45) is 0 Å². The van der Waals surface area contributed by atoms with Crippen molar-refractivity contribution >= 4 is 38.6 Å². The van der Waals surface area contributed by atoms with Gasteiger partial charge in [0.15, 0.2) is 0 Å². The Bertz CT molecular complexity index is 4580. The number of para-hydroxylation sites is 4. The highest BCUT2D eigenvalue weighted by Crippen LogP contribution is 2.67. The van der Waals surface area contributed by atoms with E-state index >= 15 is 0 Å². The molecule has 13 aromatic rings. The number of ether oxygens (including phenoxy) is 2. The van der Waals surface area contributed by atoms with Crippen molar-refractivity contribution in [1.82, 2.24) is 0 Å². The van der Waals surface area contributed by atoms with E-state index in [1.165, 1.54) is 71.8 Å². The minimum absolute atomic E-state index is 0.656. The largest absolute Gasteiger partial charge is 0.457 e. The van der Waals surface area contributed by atoms with E-state index in [2.05, 4.69) is 290 Å². The summed E-state index contributed by atoms with van der Waals surface area (Å²) in [5.74, 6) is 3.48. The van der Waals surface area contributed by atoms with Gasteiger partial charge in [0.1, 0.15) is 23.0 Å². The lowest BCUT2D eigenvalue weighted by Gasteiger charge is -2.40. The predicted octanol–water partition coefficient (Wildman–Crippen LogP) is 19.7. The Labute approximate surface area is 458 Å². The van der Waals surface area contributed by atoms with Gasteiger partial charge in [0.2, 0.25) is 0 Å². The third-order valence-electron chi connectivity index (χ3n) is 17.6. The zero-order valence-electron chi connectivity index (χ0n) is 42.9. The molecule has 0 saturated heterocycles. The number of anilines is 3. The smallest absolute Gasteiger partial charge is 0.132 e. The van der Waals surface area contributed by atoms with E-state index in [9.17, 15) is 0 Å². The highest BCUT2D eigenvalue weighted by molar-refractivity contribution is 6.17. The highest BCUT2D eigenvalue weighted by Gasteiger charge is 2.54. The first kappa shape index (κ1) is 44.0. The van der Waals surface area contributed by atoms with Gasteiger partial charge >= 0.3 is 0 Å². The molecule has 79 heavy (non-hydrogen) atoms. The third-order valence-corrected chi connectivity index (χ3v) is 17.6. The minimum atomic E-state index is -0.731. The van der Waals surface area contributed by atoms with Crippen molar-refractivity contribution in [3.63, 3.8) is 0 Å². The van der Waals surface area contributed by atoms with Crippen LogP contribution in [0.1, 0.15) is 44.5 Å². The van der Waals surface area contributed by atoms with Gasteiger partial charge in [-0.3, -0.25) is 0 Å². The average Bonchev–Trinajstić information content (AvgIpc) is 3.50. The van der Waals surface area contributed by atoms with E-state index in [0.29, 0.717) is 0 Å². The van der Waals surface area contributed by atoms with E-state index in [0.717, 1.165) is 78.8 Å². The Balaban J connectivity index is 0.980. The number of hydrogen-bond acceptors (Lipinski definition) is 3. The summed E-state index contributed by atoms with van der Waals surface area (Å²) in [6.45, 7) is 0. The molecule has 3 nitrogen and oxygen atoms in total. The second kappa shape index (κ2) is 16.6. The standard InChI is InChI=1S/C76H47NO2/c1-2-19-48(20-3-1)49-37-39-50(40-38-49)51-41-44-53(45-42-51)77(66-32-18-31-63-72(66)57-25-8-9-26-58(57)75(63)59-27-10-14-33-68(59)78-69-34-15-11-28-60(69)75)67-47-65-74(56-24-7-6-23-55(56)67)73-54-22-5-4-21-52(54)43-46-64(73)76(65)61-29-12-16-35-70(61)79-71-36-17-13-30-62(71)76/h1-47H. The number of nitrogens with zero attached hydrogens (tertiary/aromatic N) is 1. The maximum absolute atomic E-state index is 6.93. The van der Waals surface area contributed by atoms with Crippen LogP contribution in [0.2, 0.25) is 0 Å². The highest BCUT2D eigenvalue weighted by atomic mass is 16.5. The number of benzene rings is 13. The molecule has 0 aromatic heterocycles. The van der Waals surface area contributed by atoms with Crippen molar-refractivity contribution in [2.75, 3.05) is 4.90 Å².